The van der Waals surface area contributed by atoms with Crippen LogP contribution in [0, 0.1) is 0 Å². The van der Waals surface area contributed by atoms with E-state index in [0.29, 0.717) is 23.3 Å². The molecule has 8 nitrogen and oxygen atoms in total. The van der Waals surface area contributed by atoms with Gasteiger partial charge in [0.2, 0.25) is 5.06 Å². The number of fused-ring (bicyclic) bond motifs is 2. The first kappa shape index (κ1) is 25.3. The molecule has 0 aliphatic carbocycles. The van der Waals surface area contributed by atoms with Crippen LogP contribution in [0.1, 0.15) is 43.4 Å². The lowest BCUT2D eigenvalue weighted by Gasteiger charge is -2.34. The van der Waals surface area contributed by atoms with Crippen molar-refractivity contribution in [3.63, 3.8) is 0 Å². The van der Waals surface area contributed by atoms with Gasteiger partial charge in [0.1, 0.15) is 10.6 Å². The van der Waals surface area contributed by atoms with E-state index < -0.39 is 12.2 Å². The van der Waals surface area contributed by atoms with Crippen LogP contribution in [0.2, 0.25) is 0 Å². The molecule has 2 aromatic heterocycles. The fraction of sp³-hybridized carbons (Fsp3) is 0.357. The maximum absolute atomic E-state index is 11.3. The number of aryl methyl sites for hydroxylation is 1. The zero-order chi connectivity index (χ0) is 25.9. The van der Waals surface area contributed by atoms with Gasteiger partial charge in [-0.2, -0.15) is 0 Å². The average molecular weight is 520 g/mol. The van der Waals surface area contributed by atoms with Crippen molar-refractivity contribution in [2.45, 2.75) is 44.8 Å². The molecule has 1 aliphatic heterocycles. The number of aliphatic hydroxyl groups is 1. The van der Waals surface area contributed by atoms with E-state index in [0.717, 1.165) is 71.3 Å². The molecular formula is C28H33N5O3S. The smallest absolute Gasteiger partial charge is 0.397 e. The number of nitrogens with zero attached hydrogens (tertiary/aromatic N) is 2. The number of hydrogen-bond acceptors (Lipinski definition) is 8. The summed E-state index contributed by atoms with van der Waals surface area (Å²) in [4.78, 5) is 19.2. The first-order valence-corrected chi connectivity index (χ1v) is 13.6. The molecule has 1 unspecified atom stereocenters. The van der Waals surface area contributed by atoms with Crippen molar-refractivity contribution in [2.24, 2.45) is 5.73 Å². The van der Waals surface area contributed by atoms with Gasteiger partial charge in [-0.15, -0.1) is 0 Å². The highest BCUT2D eigenvalue weighted by Crippen LogP contribution is 2.42. The number of amides is 1. The Kier molecular flexibility index (Phi) is 7.45. The van der Waals surface area contributed by atoms with Crippen LogP contribution in [-0.2, 0) is 6.42 Å². The molecular weight excluding hydrogens is 486 g/mol. The number of piperidine rings is 1. The minimum absolute atomic E-state index is 0.303. The average Bonchev–Trinajstić information content (AvgIpc) is 3.21. The van der Waals surface area contributed by atoms with Crippen molar-refractivity contribution in [2.75, 3.05) is 30.3 Å². The van der Waals surface area contributed by atoms with Crippen LogP contribution in [0.25, 0.3) is 21.0 Å². The number of ether oxygens (including phenoxy) is 1. The summed E-state index contributed by atoms with van der Waals surface area (Å²) in [5, 5.41) is 17.8. The molecule has 1 saturated heterocycles. The largest absolute Gasteiger partial charge is 0.410 e. The molecule has 9 heteroatoms. The molecule has 5 rings (SSSR count). The fourth-order valence-electron chi connectivity index (χ4n) is 5.08. The van der Waals surface area contributed by atoms with Crippen molar-refractivity contribution in [1.82, 2.24) is 10.3 Å². The van der Waals surface area contributed by atoms with E-state index in [-0.39, 0.29) is 0 Å². The predicted octanol–water partition coefficient (Wildman–Crippen LogP) is 4.73. The van der Waals surface area contributed by atoms with Gasteiger partial charge in [-0.25, -0.2) is 9.78 Å². The lowest BCUT2D eigenvalue weighted by Crippen LogP contribution is -2.44. The third kappa shape index (κ3) is 5.49. The molecule has 0 bridgehead atoms. The SMILES string of the molecule is CCCc1cc(N2CCC(NCC(O)c3ccc4ccccc4c3)CC2)nc2sc(OC(N)=O)c(N)c12. The number of nitrogen functional groups attached to an aromatic ring is 1. The molecule has 194 valence electrons. The number of thiophene rings is 1. The van der Waals surface area contributed by atoms with Crippen LogP contribution in [0.15, 0.2) is 48.5 Å². The van der Waals surface area contributed by atoms with E-state index >= 15 is 0 Å². The Balaban J connectivity index is 1.23. The van der Waals surface area contributed by atoms with E-state index in [1.165, 1.54) is 16.7 Å². The number of pyridine rings is 1. The Morgan fingerprint density at radius 2 is 1.97 bits per heavy atom. The molecule has 2 aromatic carbocycles. The standard InChI is InChI=1S/C28H33N5O3S/c1-2-5-20-15-23(32-26-24(20)25(29)27(37-26)36-28(30)35)33-12-10-21(11-13-33)31-16-22(34)19-9-8-17-6-3-4-7-18(17)14-19/h3-4,6-9,14-15,21-22,31,34H,2,5,10-13,16,29H2,1H3,(H2,30,35). The Bertz CT molecular complexity index is 1410. The van der Waals surface area contributed by atoms with Gasteiger partial charge in [-0.3, -0.25) is 0 Å². The van der Waals surface area contributed by atoms with E-state index in [1.807, 2.05) is 18.2 Å². The number of carbonyl (C=O) groups excluding carboxylic acids is 1. The van der Waals surface area contributed by atoms with E-state index in [1.54, 1.807) is 0 Å². The molecule has 1 aliphatic rings. The van der Waals surface area contributed by atoms with Crippen LogP contribution in [0.5, 0.6) is 5.06 Å². The van der Waals surface area contributed by atoms with Crippen molar-refractivity contribution in [1.29, 1.82) is 0 Å². The first-order valence-electron chi connectivity index (χ1n) is 12.8. The molecule has 3 heterocycles. The lowest BCUT2D eigenvalue weighted by atomic mass is 10.0. The van der Waals surface area contributed by atoms with E-state index in [4.69, 9.17) is 21.2 Å². The number of aliphatic hydroxyl groups excluding tert-OH is 1. The number of hydrogen-bond donors (Lipinski definition) is 4. The molecule has 1 atom stereocenters. The number of rotatable bonds is 8. The predicted molar refractivity (Wildman–Crippen MR) is 150 cm³/mol. The maximum atomic E-state index is 11.3. The third-order valence-electron chi connectivity index (χ3n) is 7.02. The zero-order valence-corrected chi connectivity index (χ0v) is 21.8. The second-order valence-electron chi connectivity index (χ2n) is 9.59. The van der Waals surface area contributed by atoms with Gasteiger partial charge < -0.3 is 31.5 Å². The summed E-state index contributed by atoms with van der Waals surface area (Å²) in [5.74, 6) is 0.914. The van der Waals surface area contributed by atoms with Crippen LogP contribution in [-0.4, -0.2) is 41.9 Å². The zero-order valence-electron chi connectivity index (χ0n) is 20.9. The number of nitrogens with one attached hydrogen (secondary N) is 1. The second kappa shape index (κ2) is 10.9. The Morgan fingerprint density at radius 1 is 1.22 bits per heavy atom. The highest BCUT2D eigenvalue weighted by Gasteiger charge is 2.24. The van der Waals surface area contributed by atoms with Gasteiger partial charge in [-0.1, -0.05) is 61.1 Å². The highest BCUT2D eigenvalue weighted by atomic mass is 32.1. The fourth-order valence-corrected chi connectivity index (χ4v) is 6.08. The third-order valence-corrected chi connectivity index (χ3v) is 8.00. The molecule has 1 fully saturated rings. The van der Waals surface area contributed by atoms with Crippen molar-refractivity contribution >= 4 is 49.9 Å². The highest BCUT2D eigenvalue weighted by molar-refractivity contribution is 7.21. The Morgan fingerprint density at radius 3 is 2.70 bits per heavy atom. The lowest BCUT2D eigenvalue weighted by molar-refractivity contribution is 0.167. The summed E-state index contributed by atoms with van der Waals surface area (Å²) in [7, 11) is 0. The van der Waals surface area contributed by atoms with Crippen molar-refractivity contribution in [3.05, 3.63) is 59.7 Å². The summed E-state index contributed by atoms with van der Waals surface area (Å²) < 4.78 is 5.11. The van der Waals surface area contributed by atoms with E-state index in [9.17, 15) is 9.90 Å². The Hall–Kier alpha value is -3.40. The number of aromatic nitrogens is 1. The van der Waals surface area contributed by atoms with Crippen LogP contribution in [0.4, 0.5) is 16.3 Å². The molecule has 37 heavy (non-hydrogen) atoms. The van der Waals surface area contributed by atoms with Gasteiger partial charge >= 0.3 is 6.09 Å². The van der Waals surface area contributed by atoms with Crippen molar-refractivity contribution < 1.29 is 14.6 Å². The number of nitrogens with two attached hydrogens (primary N) is 2. The van der Waals surface area contributed by atoms with Gasteiger partial charge in [0.05, 0.1) is 11.8 Å². The van der Waals surface area contributed by atoms with Gasteiger partial charge in [0.25, 0.3) is 0 Å². The molecule has 6 N–H and O–H groups in total. The minimum Gasteiger partial charge on any atom is -0.397 e. The number of primary amides is 1. The number of carbonyl (C=O) groups is 1. The van der Waals surface area contributed by atoms with Crippen molar-refractivity contribution in [3.8, 4) is 5.06 Å². The molecule has 1 amide bonds. The molecule has 0 spiro atoms. The maximum Gasteiger partial charge on any atom is 0.410 e. The number of benzene rings is 2. The van der Waals surface area contributed by atoms with Gasteiger partial charge in [0, 0.05) is 31.1 Å². The van der Waals surface area contributed by atoms with E-state index in [2.05, 4.69) is 47.5 Å². The second-order valence-corrected chi connectivity index (χ2v) is 10.5. The summed E-state index contributed by atoms with van der Waals surface area (Å²) >= 11 is 1.25. The topological polar surface area (TPSA) is 127 Å². The summed E-state index contributed by atoms with van der Waals surface area (Å²) in [6.07, 6.45) is 2.30. The molecule has 0 radical (unpaired) electrons. The van der Waals surface area contributed by atoms with Crippen LogP contribution >= 0.6 is 11.3 Å². The van der Waals surface area contributed by atoms with Crippen LogP contribution < -0.4 is 26.4 Å². The van der Waals surface area contributed by atoms with Crippen LogP contribution in [0.3, 0.4) is 0 Å². The summed E-state index contributed by atoms with van der Waals surface area (Å²) in [6, 6.07) is 16.8. The Labute approximate surface area is 220 Å². The number of anilines is 2. The molecule has 4 aromatic rings. The normalized spacial score (nSPS) is 15.4. The molecule has 0 saturated carbocycles. The monoisotopic (exact) mass is 519 g/mol. The summed E-state index contributed by atoms with van der Waals surface area (Å²) in [6.45, 7) is 4.36. The quantitative estimate of drug-likeness (QED) is 0.265. The first-order chi connectivity index (χ1) is 17.9. The minimum atomic E-state index is -0.879. The van der Waals surface area contributed by atoms with Gasteiger partial charge in [0.15, 0.2) is 0 Å². The summed E-state index contributed by atoms with van der Waals surface area (Å²) in [5.41, 5.74) is 14.0. The van der Waals surface area contributed by atoms with Gasteiger partial charge in [-0.05, 0) is 53.3 Å².